The van der Waals surface area contributed by atoms with Crippen LogP contribution in [0, 0.1) is 17.2 Å². The van der Waals surface area contributed by atoms with Crippen molar-refractivity contribution in [2.24, 2.45) is 10.9 Å². The molecule has 0 aliphatic carbocycles. The number of aliphatic imine (C=N–C) groups is 1. The first-order chi connectivity index (χ1) is 14.5. The average Bonchev–Trinajstić information content (AvgIpc) is 2.88. The molecule has 1 aliphatic heterocycles. The number of carbonyl (C=O) groups is 2. The third-order valence-corrected chi connectivity index (χ3v) is 5.28. The third-order valence-electron chi connectivity index (χ3n) is 5.28. The van der Waals surface area contributed by atoms with Gasteiger partial charge in [0.1, 0.15) is 12.6 Å². The van der Waals surface area contributed by atoms with Crippen molar-refractivity contribution in [2.45, 2.75) is 33.2 Å². The van der Waals surface area contributed by atoms with Gasteiger partial charge in [-0.3, -0.25) is 19.5 Å². The van der Waals surface area contributed by atoms with Gasteiger partial charge in [-0.2, -0.15) is 5.26 Å². The van der Waals surface area contributed by atoms with E-state index in [1.165, 1.54) is 4.90 Å². The van der Waals surface area contributed by atoms with E-state index in [0.29, 0.717) is 22.5 Å². The number of fused-ring (bicyclic) bond motifs is 1. The first-order valence-corrected chi connectivity index (χ1v) is 10.1. The van der Waals surface area contributed by atoms with Gasteiger partial charge in [-0.15, -0.1) is 0 Å². The maximum absolute atomic E-state index is 13.5. The fourth-order valence-corrected chi connectivity index (χ4v) is 3.49. The number of hydrogen-bond acceptors (Lipinski definition) is 5. The van der Waals surface area contributed by atoms with E-state index in [-0.39, 0.29) is 25.0 Å². The molecule has 0 fully saturated rings. The zero-order valence-electron chi connectivity index (χ0n) is 17.5. The first-order valence-electron chi connectivity index (χ1n) is 10.1. The molecule has 1 heterocycles. The van der Waals surface area contributed by atoms with Crippen molar-refractivity contribution in [3.05, 3.63) is 65.2 Å². The lowest BCUT2D eigenvalue weighted by Crippen LogP contribution is -2.43. The van der Waals surface area contributed by atoms with Crippen LogP contribution in [0.3, 0.4) is 0 Å². The van der Waals surface area contributed by atoms with Crippen LogP contribution in [0.5, 0.6) is 0 Å². The maximum atomic E-state index is 13.5. The molecule has 3 rings (SSSR count). The topological polar surface area (TPSA) is 82.8 Å². The van der Waals surface area contributed by atoms with Crippen molar-refractivity contribution in [3.63, 3.8) is 0 Å². The standard InChI is InChI=1S/C24H25N3O3/c1-4-16(3)22-24(29)27(15-21(28)30-5-2)20-12-11-17(14-25)13-19(20)23(26-22)18-9-7-6-8-10-18/h6-13,16,22H,4-5,15H2,1-3H3. The number of anilines is 1. The fraction of sp³-hybridized carbons (Fsp3) is 0.333. The summed E-state index contributed by atoms with van der Waals surface area (Å²) in [6, 6.07) is 16.2. The van der Waals surface area contributed by atoms with Gasteiger partial charge >= 0.3 is 5.97 Å². The molecular formula is C24H25N3O3. The van der Waals surface area contributed by atoms with Crippen LogP contribution < -0.4 is 4.90 Å². The van der Waals surface area contributed by atoms with Crippen LogP contribution in [0.15, 0.2) is 53.5 Å². The predicted molar refractivity (Wildman–Crippen MR) is 115 cm³/mol. The number of esters is 1. The Bertz CT molecular complexity index is 1010. The Labute approximate surface area is 176 Å². The van der Waals surface area contributed by atoms with Crippen LogP contribution in [0.4, 0.5) is 5.69 Å². The summed E-state index contributed by atoms with van der Waals surface area (Å²) >= 11 is 0. The normalized spacial score (nSPS) is 16.7. The predicted octanol–water partition coefficient (Wildman–Crippen LogP) is 3.72. The zero-order valence-corrected chi connectivity index (χ0v) is 17.5. The highest BCUT2D eigenvalue weighted by Crippen LogP contribution is 2.31. The van der Waals surface area contributed by atoms with Gasteiger partial charge in [-0.05, 0) is 31.0 Å². The molecule has 6 heteroatoms. The second-order valence-corrected chi connectivity index (χ2v) is 7.25. The minimum Gasteiger partial charge on any atom is -0.465 e. The van der Waals surface area contributed by atoms with Crippen molar-refractivity contribution in [2.75, 3.05) is 18.1 Å². The van der Waals surface area contributed by atoms with Crippen LogP contribution in [0.1, 0.15) is 43.9 Å². The van der Waals surface area contributed by atoms with Crippen LogP contribution in [-0.2, 0) is 14.3 Å². The Kier molecular flexibility index (Phi) is 6.63. The SMILES string of the molecule is CCOC(=O)CN1C(=O)C(C(C)CC)N=C(c2ccccc2)c2cc(C#N)ccc21. The Balaban J connectivity index is 2.24. The Morgan fingerprint density at radius 2 is 1.97 bits per heavy atom. The second-order valence-electron chi connectivity index (χ2n) is 7.25. The minimum absolute atomic E-state index is 0.0225. The molecule has 2 aromatic carbocycles. The highest BCUT2D eigenvalue weighted by Gasteiger charge is 2.35. The number of benzodiazepines with no additional fused rings is 1. The summed E-state index contributed by atoms with van der Waals surface area (Å²) in [6.07, 6.45) is 0.759. The molecule has 0 radical (unpaired) electrons. The second kappa shape index (κ2) is 9.36. The molecule has 1 amide bonds. The van der Waals surface area contributed by atoms with E-state index in [0.717, 1.165) is 12.0 Å². The number of benzene rings is 2. The van der Waals surface area contributed by atoms with E-state index in [1.807, 2.05) is 44.2 Å². The van der Waals surface area contributed by atoms with Crippen molar-refractivity contribution >= 4 is 23.3 Å². The van der Waals surface area contributed by atoms with Crippen LogP contribution in [0.2, 0.25) is 0 Å². The summed E-state index contributed by atoms with van der Waals surface area (Å²) in [6.45, 7) is 5.76. The zero-order chi connectivity index (χ0) is 21.7. The van der Waals surface area contributed by atoms with Crippen LogP contribution in [-0.4, -0.2) is 36.8 Å². The molecule has 2 aromatic rings. The van der Waals surface area contributed by atoms with E-state index < -0.39 is 12.0 Å². The number of amides is 1. The monoisotopic (exact) mass is 403 g/mol. The molecule has 2 unspecified atom stereocenters. The van der Waals surface area contributed by atoms with Gasteiger partial charge < -0.3 is 4.74 Å². The Morgan fingerprint density at radius 3 is 2.60 bits per heavy atom. The highest BCUT2D eigenvalue weighted by molar-refractivity contribution is 6.20. The van der Waals surface area contributed by atoms with E-state index in [2.05, 4.69) is 6.07 Å². The molecule has 0 bridgehead atoms. The summed E-state index contributed by atoms with van der Waals surface area (Å²) < 4.78 is 5.10. The summed E-state index contributed by atoms with van der Waals surface area (Å²) in [7, 11) is 0. The Morgan fingerprint density at radius 1 is 1.23 bits per heavy atom. The largest absolute Gasteiger partial charge is 0.465 e. The fourth-order valence-electron chi connectivity index (χ4n) is 3.49. The van der Waals surface area contributed by atoms with Crippen LogP contribution >= 0.6 is 0 Å². The van der Waals surface area contributed by atoms with Crippen LogP contribution in [0.25, 0.3) is 0 Å². The molecule has 0 N–H and O–H groups in total. The molecular weight excluding hydrogens is 378 g/mol. The van der Waals surface area contributed by atoms with E-state index >= 15 is 0 Å². The molecule has 154 valence electrons. The third kappa shape index (κ3) is 4.25. The number of hydrogen-bond donors (Lipinski definition) is 0. The van der Waals surface area contributed by atoms with Crippen molar-refractivity contribution in [1.82, 2.24) is 0 Å². The molecule has 6 nitrogen and oxygen atoms in total. The number of nitriles is 1. The lowest BCUT2D eigenvalue weighted by molar-refractivity contribution is -0.142. The first kappa shape index (κ1) is 21.3. The average molecular weight is 403 g/mol. The quantitative estimate of drug-likeness (QED) is 0.688. The molecule has 0 aromatic heterocycles. The lowest BCUT2D eigenvalue weighted by atomic mass is 9.97. The molecule has 0 saturated heterocycles. The molecule has 1 aliphatic rings. The summed E-state index contributed by atoms with van der Waals surface area (Å²) in [5.41, 5.74) is 3.17. The van der Waals surface area contributed by atoms with Gasteiger partial charge in [0, 0.05) is 11.1 Å². The van der Waals surface area contributed by atoms with Gasteiger partial charge in [0.05, 0.1) is 29.6 Å². The highest BCUT2D eigenvalue weighted by atomic mass is 16.5. The van der Waals surface area contributed by atoms with Gasteiger partial charge in [-0.1, -0.05) is 50.6 Å². The summed E-state index contributed by atoms with van der Waals surface area (Å²) in [5.74, 6) is -0.743. The number of nitrogens with zero attached hydrogens (tertiary/aromatic N) is 3. The van der Waals surface area contributed by atoms with Gasteiger partial charge in [-0.25, -0.2) is 0 Å². The molecule has 2 atom stereocenters. The van der Waals surface area contributed by atoms with Crippen molar-refractivity contribution in [1.29, 1.82) is 5.26 Å². The van der Waals surface area contributed by atoms with Gasteiger partial charge in [0.25, 0.3) is 5.91 Å². The van der Waals surface area contributed by atoms with Gasteiger partial charge in [0.2, 0.25) is 0 Å². The number of rotatable bonds is 6. The molecule has 0 spiro atoms. The molecule has 30 heavy (non-hydrogen) atoms. The lowest BCUT2D eigenvalue weighted by Gasteiger charge is -2.26. The van der Waals surface area contributed by atoms with Gasteiger partial charge in [0.15, 0.2) is 0 Å². The summed E-state index contributed by atoms with van der Waals surface area (Å²) in [5, 5.41) is 9.43. The van der Waals surface area contributed by atoms with Crippen molar-refractivity contribution in [3.8, 4) is 6.07 Å². The summed E-state index contributed by atoms with van der Waals surface area (Å²) in [4.78, 5) is 32.2. The smallest absolute Gasteiger partial charge is 0.326 e. The van der Waals surface area contributed by atoms with E-state index in [1.54, 1.807) is 25.1 Å². The molecule has 0 saturated carbocycles. The van der Waals surface area contributed by atoms with Crippen molar-refractivity contribution < 1.29 is 14.3 Å². The number of ether oxygens (including phenoxy) is 1. The Hall–Kier alpha value is -3.46. The van der Waals surface area contributed by atoms with E-state index in [4.69, 9.17) is 9.73 Å². The maximum Gasteiger partial charge on any atom is 0.326 e. The van der Waals surface area contributed by atoms with E-state index in [9.17, 15) is 14.9 Å². The number of carbonyl (C=O) groups excluding carboxylic acids is 2. The minimum atomic E-state index is -0.641.